The van der Waals surface area contributed by atoms with Crippen LogP contribution in [0.4, 0.5) is 11.4 Å². The SMILES string of the molecule is Cc1nnc(SC(C)C(=O)Nc2ccc([N+](=O)[O-])cc2)n1C. The van der Waals surface area contributed by atoms with Crippen molar-refractivity contribution >= 4 is 29.0 Å². The summed E-state index contributed by atoms with van der Waals surface area (Å²) >= 11 is 1.30. The van der Waals surface area contributed by atoms with Crippen molar-refractivity contribution in [1.29, 1.82) is 0 Å². The van der Waals surface area contributed by atoms with Crippen molar-refractivity contribution in [3.63, 3.8) is 0 Å². The van der Waals surface area contributed by atoms with Gasteiger partial charge in [-0.05, 0) is 26.0 Å². The summed E-state index contributed by atoms with van der Waals surface area (Å²) in [6.45, 7) is 3.59. The molecule has 0 aliphatic rings. The molecule has 0 radical (unpaired) electrons. The molecule has 0 fully saturated rings. The van der Waals surface area contributed by atoms with Crippen LogP contribution in [-0.2, 0) is 11.8 Å². The molecule has 22 heavy (non-hydrogen) atoms. The molecule has 0 aliphatic heterocycles. The molecule has 0 spiro atoms. The van der Waals surface area contributed by atoms with Crippen LogP contribution in [0, 0.1) is 17.0 Å². The fraction of sp³-hybridized carbons (Fsp3) is 0.308. The molecule has 2 aromatic rings. The number of aryl methyl sites for hydroxylation is 1. The monoisotopic (exact) mass is 321 g/mol. The van der Waals surface area contributed by atoms with Gasteiger partial charge in [-0.25, -0.2) is 0 Å². The maximum absolute atomic E-state index is 12.1. The normalized spacial score (nSPS) is 12.0. The molecule has 1 aromatic carbocycles. The fourth-order valence-electron chi connectivity index (χ4n) is 1.61. The molecule has 9 heteroatoms. The third-order valence-electron chi connectivity index (χ3n) is 3.05. The van der Waals surface area contributed by atoms with Gasteiger partial charge in [-0.3, -0.25) is 14.9 Å². The topological polar surface area (TPSA) is 103 Å². The number of hydrogen-bond acceptors (Lipinski definition) is 6. The van der Waals surface area contributed by atoms with Crippen LogP contribution in [0.15, 0.2) is 29.4 Å². The smallest absolute Gasteiger partial charge is 0.269 e. The second-order valence-corrected chi connectivity index (χ2v) is 5.95. The number of carbonyl (C=O) groups is 1. The zero-order valence-electron chi connectivity index (χ0n) is 12.3. The lowest BCUT2D eigenvalue weighted by molar-refractivity contribution is -0.384. The quantitative estimate of drug-likeness (QED) is 0.514. The highest BCUT2D eigenvalue weighted by Gasteiger charge is 2.18. The molecule has 1 atom stereocenters. The van der Waals surface area contributed by atoms with Crippen molar-refractivity contribution in [3.05, 3.63) is 40.2 Å². The van der Waals surface area contributed by atoms with Crippen LogP contribution in [0.5, 0.6) is 0 Å². The standard InChI is InChI=1S/C13H15N5O3S/c1-8(22-13-16-15-9(2)17(13)3)12(19)14-10-4-6-11(7-5-10)18(20)21/h4-8H,1-3H3,(H,14,19). The van der Waals surface area contributed by atoms with Gasteiger partial charge in [0.1, 0.15) is 5.82 Å². The van der Waals surface area contributed by atoms with Gasteiger partial charge in [0.05, 0.1) is 10.2 Å². The number of rotatable bonds is 5. The van der Waals surface area contributed by atoms with Crippen LogP contribution in [0.25, 0.3) is 0 Å². The Morgan fingerprint density at radius 1 is 1.36 bits per heavy atom. The minimum Gasteiger partial charge on any atom is -0.325 e. The maximum atomic E-state index is 12.1. The van der Waals surface area contributed by atoms with Gasteiger partial charge in [0.25, 0.3) is 5.69 Å². The zero-order chi connectivity index (χ0) is 16.3. The van der Waals surface area contributed by atoms with Crippen LogP contribution in [0.3, 0.4) is 0 Å². The molecule has 0 aliphatic carbocycles. The zero-order valence-corrected chi connectivity index (χ0v) is 13.1. The summed E-state index contributed by atoms with van der Waals surface area (Å²) in [5.74, 6) is 0.560. The highest BCUT2D eigenvalue weighted by atomic mass is 32.2. The second kappa shape index (κ2) is 6.56. The molecule has 0 bridgehead atoms. The molecule has 1 aromatic heterocycles. The Morgan fingerprint density at radius 3 is 2.50 bits per heavy atom. The summed E-state index contributed by atoms with van der Waals surface area (Å²) in [7, 11) is 1.83. The lowest BCUT2D eigenvalue weighted by atomic mass is 10.3. The average Bonchev–Trinajstić information content (AvgIpc) is 2.79. The van der Waals surface area contributed by atoms with E-state index in [1.165, 1.54) is 36.0 Å². The van der Waals surface area contributed by atoms with Gasteiger partial charge in [-0.1, -0.05) is 11.8 Å². The predicted molar refractivity (Wildman–Crippen MR) is 82.8 cm³/mol. The van der Waals surface area contributed by atoms with Gasteiger partial charge in [-0.2, -0.15) is 0 Å². The molecular formula is C13H15N5O3S. The first-order chi connectivity index (χ1) is 10.4. The van der Waals surface area contributed by atoms with Crippen molar-refractivity contribution < 1.29 is 9.72 Å². The van der Waals surface area contributed by atoms with Gasteiger partial charge in [0, 0.05) is 24.9 Å². The minimum atomic E-state index is -0.486. The van der Waals surface area contributed by atoms with E-state index in [4.69, 9.17) is 0 Å². The van der Waals surface area contributed by atoms with E-state index >= 15 is 0 Å². The van der Waals surface area contributed by atoms with Crippen molar-refractivity contribution in [2.75, 3.05) is 5.32 Å². The maximum Gasteiger partial charge on any atom is 0.269 e. The van der Waals surface area contributed by atoms with Crippen LogP contribution in [-0.4, -0.2) is 30.8 Å². The van der Waals surface area contributed by atoms with E-state index in [2.05, 4.69) is 15.5 Å². The Bertz CT molecular complexity index is 698. The lowest BCUT2D eigenvalue weighted by Crippen LogP contribution is -2.22. The second-order valence-electron chi connectivity index (χ2n) is 4.64. The summed E-state index contributed by atoms with van der Waals surface area (Å²) in [6, 6.07) is 5.69. The molecule has 2 rings (SSSR count). The van der Waals surface area contributed by atoms with Gasteiger partial charge < -0.3 is 9.88 Å². The largest absolute Gasteiger partial charge is 0.325 e. The first kappa shape index (κ1) is 16.0. The van der Waals surface area contributed by atoms with Crippen LogP contribution < -0.4 is 5.32 Å². The van der Waals surface area contributed by atoms with E-state index in [1.807, 2.05) is 14.0 Å². The number of nitrogens with zero attached hydrogens (tertiary/aromatic N) is 4. The number of amides is 1. The fourth-order valence-corrected chi connectivity index (χ4v) is 2.47. The Kier molecular flexibility index (Phi) is 4.76. The van der Waals surface area contributed by atoms with E-state index in [1.54, 1.807) is 11.5 Å². The molecule has 0 saturated carbocycles. The summed E-state index contributed by atoms with van der Waals surface area (Å²) in [4.78, 5) is 22.2. The van der Waals surface area contributed by atoms with Gasteiger partial charge in [0.2, 0.25) is 5.91 Å². The first-order valence-corrected chi connectivity index (χ1v) is 7.34. The van der Waals surface area contributed by atoms with Crippen molar-refractivity contribution in [1.82, 2.24) is 14.8 Å². The average molecular weight is 321 g/mol. The number of non-ortho nitro benzene ring substituents is 1. The molecule has 1 unspecified atom stereocenters. The van der Waals surface area contributed by atoms with Crippen molar-refractivity contribution in [2.24, 2.45) is 7.05 Å². The van der Waals surface area contributed by atoms with E-state index in [9.17, 15) is 14.9 Å². The minimum absolute atomic E-state index is 0.0185. The van der Waals surface area contributed by atoms with Crippen LogP contribution >= 0.6 is 11.8 Å². The number of hydrogen-bond donors (Lipinski definition) is 1. The predicted octanol–water partition coefficient (Wildman–Crippen LogP) is 2.15. The molecule has 8 nitrogen and oxygen atoms in total. The van der Waals surface area contributed by atoms with Gasteiger partial charge in [0.15, 0.2) is 5.16 Å². The lowest BCUT2D eigenvalue weighted by Gasteiger charge is -2.11. The highest BCUT2D eigenvalue weighted by molar-refractivity contribution is 8.00. The summed E-state index contributed by atoms with van der Waals surface area (Å²) in [5, 5.41) is 21.5. The number of nitrogens with one attached hydrogen (secondary N) is 1. The summed E-state index contributed by atoms with van der Waals surface area (Å²) < 4.78 is 1.81. The number of anilines is 1. The third-order valence-corrected chi connectivity index (χ3v) is 4.18. The molecule has 1 heterocycles. The van der Waals surface area contributed by atoms with Crippen molar-refractivity contribution in [2.45, 2.75) is 24.3 Å². The van der Waals surface area contributed by atoms with Crippen molar-refractivity contribution in [3.8, 4) is 0 Å². The van der Waals surface area contributed by atoms with E-state index in [-0.39, 0.29) is 16.8 Å². The number of thioether (sulfide) groups is 1. The molecular weight excluding hydrogens is 306 g/mol. The van der Waals surface area contributed by atoms with E-state index in [0.717, 1.165) is 5.82 Å². The van der Waals surface area contributed by atoms with E-state index < -0.39 is 4.92 Å². The number of nitro benzene ring substituents is 1. The first-order valence-electron chi connectivity index (χ1n) is 6.46. The molecule has 1 N–H and O–H groups in total. The highest BCUT2D eigenvalue weighted by Crippen LogP contribution is 2.23. The molecule has 116 valence electrons. The Hall–Kier alpha value is -2.42. The third kappa shape index (κ3) is 3.61. The van der Waals surface area contributed by atoms with Gasteiger partial charge >= 0.3 is 0 Å². The number of carbonyl (C=O) groups excluding carboxylic acids is 1. The summed E-state index contributed by atoms with van der Waals surface area (Å²) in [5.41, 5.74) is 0.493. The molecule has 1 amide bonds. The number of nitro groups is 1. The Morgan fingerprint density at radius 2 is 2.00 bits per heavy atom. The summed E-state index contributed by atoms with van der Waals surface area (Å²) in [6.07, 6.45) is 0. The van der Waals surface area contributed by atoms with E-state index in [0.29, 0.717) is 10.8 Å². The number of aromatic nitrogens is 3. The van der Waals surface area contributed by atoms with Crippen LogP contribution in [0.2, 0.25) is 0 Å². The number of benzene rings is 1. The Balaban J connectivity index is 1.99. The van der Waals surface area contributed by atoms with Crippen LogP contribution in [0.1, 0.15) is 12.7 Å². The molecule has 0 saturated heterocycles. The Labute approximate surface area is 131 Å². The van der Waals surface area contributed by atoms with Gasteiger partial charge in [-0.15, -0.1) is 10.2 Å².